The molecule has 166 valence electrons. The van der Waals surface area contributed by atoms with Crippen LogP contribution < -0.4 is 10.6 Å². The van der Waals surface area contributed by atoms with Crippen molar-refractivity contribution in [3.8, 4) is 0 Å². The van der Waals surface area contributed by atoms with E-state index in [1.165, 1.54) is 23.3 Å². The molecule has 0 aliphatic rings. The molecule has 3 aromatic rings. The fraction of sp³-hybridized carbons (Fsp3) is 0.304. The Morgan fingerprint density at radius 2 is 1.77 bits per heavy atom. The number of hydrogen-bond donors (Lipinski definition) is 2. The minimum absolute atomic E-state index is 0. The highest BCUT2D eigenvalue weighted by atomic mass is 127. The lowest BCUT2D eigenvalue weighted by atomic mass is 10.1. The molecule has 0 amide bonds. The summed E-state index contributed by atoms with van der Waals surface area (Å²) in [5, 5.41) is 11.1. The van der Waals surface area contributed by atoms with Gasteiger partial charge in [0.2, 0.25) is 0 Å². The molecule has 0 radical (unpaired) electrons. The van der Waals surface area contributed by atoms with E-state index in [2.05, 4.69) is 37.8 Å². The van der Waals surface area contributed by atoms with Gasteiger partial charge in [-0.3, -0.25) is 9.67 Å². The van der Waals surface area contributed by atoms with Crippen LogP contribution in [0.5, 0.6) is 0 Å². The molecule has 0 fully saturated rings. The lowest BCUT2D eigenvalue weighted by molar-refractivity contribution is 0.298. The summed E-state index contributed by atoms with van der Waals surface area (Å²) in [7, 11) is 5.78. The summed E-state index contributed by atoms with van der Waals surface area (Å²) in [5.74, 6) is 0.494. The molecule has 1 unspecified atom stereocenters. The summed E-state index contributed by atoms with van der Waals surface area (Å²) >= 11 is 0. The van der Waals surface area contributed by atoms with E-state index in [0.29, 0.717) is 13.1 Å². The quantitative estimate of drug-likeness (QED) is 0.262. The topological polar surface area (TPSA) is 57.5 Å². The summed E-state index contributed by atoms with van der Waals surface area (Å²) in [4.78, 5) is 6.45. The highest BCUT2D eigenvalue weighted by Crippen LogP contribution is 2.17. The molecule has 0 saturated carbocycles. The second kappa shape index (κ2) is 12.4. The predicted octanol–water partition coefficient (Wildman–Crippen LogP) is 3.66. The number of nitrogens with zero attached hydrogens (tertiary/aromatic N) is 4. The zero-order valence-electron chi connectivity index (χ0n) is 18.1. The number of likely N-dealkylation sites (N-methyl/N-ethyl adjacent to an activating group) is 1. The first-order chi connectivity index (χ1) is 14.6. The van der Waals surface area contributed by atoms with Crippen molar-refractivity contribution in [2.75, 3.05) is 27.7 Å². The molecule has 0 aliphatic heterocycles. The summed E-state index contributed by atoms with van der Waals surface area (Å²) in [6.45, 7) is 2.03. The third kappa shape index (κ3) is 7.32. The van der Waals surface area contributed by atoms with Crippen molar-refractivity contribution in [1.82, 2.24) is 25.3 Å². The lowest BCUT2D eigenvalue weighted by Crippen LogP contribution is -2.41. The van der Waals surface area contributed by atoms with Gasteiger partial charge in [0.15, 0.2) is 5.96 Å². The van der Waals surface area contributed by atoms with Gasteiger partial charge in [-0.1, -0.05) is 36.4 Å². The van der Waals surface area contributed by atoms with Gasteiger partial charge in [-0.2, -0.15) is 5.10 Å². The maximum Gasteiger partial charge on any atom is 0.191 e. The number of rotatable bonds is 8. The van der Waals surface area contributed by atoms with E-state index >= 15 is 0 Å². The van der Waals surface area contributed by atoms with Crippen LogP contribution in [0.15, 0.2) is 72.0 Å². The van der Waals surface area contributed by atoms with Gasteiger partial charge in [-0.25, -0.2) is 4.39 Å². The second-order valence-corrected chi connectivity index (χ2v) is 7.31. The van der Waals surface area contributed by atoms with E-state index in [1.54, 1.807) is 13.2 Å². The molecule has 6 nitrogen and oxygen atoms in total. The van der Waals surface area contributed by atoms with Crippen molar-refractivity contribution in [1.29, 1.82) is 0 Å². The first-order valence-electron chi connectivity index (χ1n) is 9.97. The molecular formula is C23H30FIN6. The minimum Gasteiger partial charge on any atom is -0.354 e. The average molecular weight is 536 g/mol. The van der Waals surface area contributed by atoms with Gasteiger partial charge in [0.25, 0.3) is 0 Å². The highest BCUT2D eigenvalue weighted by molar-refractivity contribution is 14.0. The Morgan fingerprint density at radius 1 is 1.06 bits per heavy atom. The van der Waals surface area contributed by atoms with Crippen molar-refractivity contribution in [2.45, 2.75) is 19.1 Å². The van der Waals surface area contributed by atoms with Gasteiger partial charge in [0.1, 0.15) is 5.82 Å². The first-order valence-corrected chi connectivity index (χ1v) is 9.97. The number of aliphatic imine (C=N–C) groups is 1. The zero-order valence-corrected chi connectivity index (χ0v) is 20.5. The Morgan fingerprint density at radius 3 is 2.39 bits per heavy atom. The molecule has 0 spiro atoms. The second-order valence-electron chi connectivity index (χ2n) is 7.31. The normalized spacial score (nSPS) is 12.4. The van der Waals surface area contributed by atoms with E-state index < -0.39 is 0 Å². The van der Waals surface area contributed by atoms with Crippen LogP contribution in [0.1, 0.15) is 22.7 Å². The fourth-order valence-corrected chi connectivity index (χ4v) is 3.33. The number of halogens is 2. The molecule has 1 aromatic heterocycles. The minimum atomic E-state index is -0.226. The molecule has 0 bridgehead atoms. The van der Waals surface area contributed by atoms with Crippen LogP contribution in [-0.4, -0.2) is 48.3 Å². The van der Waals surface area contributed by atoms with Gasteiger partial charge < -0.3 is 15.5 Å². The van der Waals surface area contributed by atoms with Crippen molar-refractivity contribution in [3.63, 3.8) is 0 Å². The van der Waals surface area contributed by atoms with Crippen molar-refractivity contribution < 1.29 is 4.39 Å². The van der Waals surface area contributed by atoms with Crippen LogP contribution in [0.25, 0.3) is 0 Å². The van der Waals surface area contributed by atoms with Gasteiger partial charge in [0, 0.05) is 32.5 Å². The van der Waals surface area contributed by atoms with E-state index in [9.17, 15) is 4.39 Å². The van der Waals surface area contributed by atoms with Crippen LogP contribution in [0.2, 0.25) is 0 Å². The van der Waals surface area contributed by atoms with E-state index in [1.807, 2.05) is 55.3 Å². The number of benzene rings is 2. The highest BCUT2D eigenvalue weighted by Gasteiger charge is 2.15. The van der Waals surface area contributed by atoms with Gasteiger partial charge >= 0.3 is 0 Å². The molecule has 1 atom stereocenters. The predicted molar refractivity (Wildman–Crippen MR) is 134 cm³/mol. The Balaban J connectivity index is 0.00000341. The largest absolute Gasteiger partial charge is 0.354 e. The Kier molecular flexibility index (Phi) is 9.93. The monoisotopic (exact) mass is 536 g/mol. The van der Waals surface area contributed by atoms with Crippen molar-refractivity contribution >= 4 is 29.9 Å². The van der Waals surface area contributed by atoms with E-state index in [4.69, 9.17) is 0 Å². The van der Waals surface area contributed by atoms with Crippen molar-refractivity contribution in [3.05, 3.63) is 89.5 Å². The average Bonchev–Trinajstić information content (AvgIpc) is 3.25. The van der Waals surface area contributed by atoms with Gasteiger partial charge in [-0.05, 0) is 49.0 Å². The summed E-state index contributed by atoms with van der Waals surface area (Å²) in [5.41, 5.74) is 3.45. The molecule has 3 rings (SSSR count). The van der Waals surface area contributed by atoms with E-state index in [0.717, 1.165) is 18.1 Å². The molecule has 2 aromatic carbocycles. The fourth-order valence-electron chi connectivity index (χ4n) is 3.33. The number of hydrogen-bond acceptors (Lipinski definition) is 3. The van der Waals surface area contributed by atoms with Gasteiger partial charge in [0.05, 0.1) is 12.6 Å². The summed E-state index contributed by atoms with van der Waals surface area (Å²) in [6, 6.07) is 17.0. The van der Waals surface area contributed by atoms with Gasteiger partial charge in [-0.15, -0.1) is 24.0 Å². The number of nitrogens with one attached hydrogen (secondary N) is 2. The molecule has 1 heterocycles. The number of aromatic nitrogens is 2. The molecule has 31 heavy (non-hydrogen) atoms. The Labute approximate surface area is 200 Å². The SMILES string of the molecule is CN=C(NCc1ccccc1Cn1cccn1)NCC(c1ccc(F)cc1)N(C)C.I. The van der Waals surface area contributed by atoms with Crippen LogP contribution in [0.4, 0.5) is 4.39 Å². The molecule has 0 saturated heterocycles. The van der Waals surface area contributed by atoms with Crippen LogP contribution in [-0.2, 0) is 13.1 Å². The standard InChI is InChI=1S/C23H29FN6.HI/c1-25-23(27-16-22(29(2)3)18-9-11-21(24)12-10-18)26-15-19-7-4-5-8-20(19)17-30-14-6-13-28-30;/h4-14,22H,15-17H2,1-3H3,(H2,25,26,27);1H. The Hall–Kier alpha value is -2.46. The summed E-state index contributed by atoms with van der Waals surface area (Å²) < 4.78 is 15.2. The molecule has 2 N–H and O–H groups in total. The Bertz CT molecular complexity index is 941. The number of guanidine groups is 1. The molecule has 0 aliphatic carbocycles. The van der Waals surface area contributed by atoms with Crippen LogP contribution >= 0.6 is 24.0 Å². The maximum atomic E-state index is 13.3. The first kappa shape index (κ1) is 24.8. The maximum absolute atomic E-state index is 13.3. The lowest BCUT2D eigenvalue weighted by Gasteiger charge is -2.26. The third-order valence-corrected chi connectivity index (χ3v) is 5.02. The molecule has 8 heteroatoms. The smallest absolute Gasteiger partial charge is 0.191 e. The summed E-state index contributed by atoms with van der Waals surface area (Å²) in [6.07, 6.45) is 3.75. The van der Waals surface area contributed by atoms with Crippen LogP contribution in [0.3, 0.4) is 0 Å². The van der Waals surface area contributed by atoms with E-state index in [-0.39, 0.29) is 35.8 Å². The third-order valence-electron chi connectivity index (χ3n) is 5.02. The molecular weight excluding hydrogens is 506 g/mol. The van der Waals surface area contributed by atoms with Crippen molar-refractivity contribution in [2.24, 2.45) is 4.99 Å². The van der Waals surface area contributed by atoms with Crippen LogP contribution in [0, 0.1) is 5.82 Å². The zero-order chi connectivity index (χ0) is 21.3.